The second kappa shape index (κ2) is 8.86. The second-order valence-corrected chi connectivity index (χ2v) is 4.41. The molecule has 0 aliphatic heterocycles. The summed E-state index contributed by atoms with van der Waals surface area (Å²) in [6.07, 6.45) is 5.40. The molecule has 0 radical (unpaired) electrons. The molecule has 0 aliphatic carbocycles. The quantitative estimate of drug-likeness (QED) is 0.618. The third-order valence-corrected chi connectivity index (χ3v) is 2.96. The molecular weight excluding hydrogens is 226 g/mol. The molecule has 100 valence electrons. The summed E-state index contributed by atoms with van der Waals surface area (Å²) in [7, 11) is 0. The predicted octanol–water partition coefficient (Wildman–Crippen LogP) is 2.03. The van der Waals surface area contributed by atoms with E-state index in [0.717, 1.165) is 12.8 Å². The van der Waals surface area contributed by atoms with Gasteiger partial charge in [-0.2, -0.15) is 0 Å². The number of aliphatic hydroxyl groups is 2. The van der Waals surface area contributed by atoms with Crippen molar-refractivity contribution >= 4 is 0 Å². The van der Waals surface area contributed by atoms with Crippen LogP contribution in [0.15, 0.2) is 42.5 Å². The Morgan fingerprint density at radius 1 is 1.17 bits per heavy atom. The maximum Gasteiger partial charge on any atom is 0.0612 e. The van der Waals surface area contributed by atoms with Crippen LogP contribution in [0.5, 0.6) is 0 Å². The zero-order valence-corrected chi connectivity index (χ0v) is 10.9. The molecule has 0 aromatic heterocycles. The van der Waals surface area contributed by atoms with Gasteiger partial charge in [-0.25, -0.2) is 0 Å². The maximum absolute atomic E-state index is 9.34. The number of hydrogen-bond acceptors (Lipinski definition) is 3. The van der Waals surface area contributed by atoms with E-state index in [4.69, 9.17) is 5.11 Å². The summed E-state index contributed by atoms with van der Waals surface area (Å²) in [6.45, 7) is 2.31. The SMILES string of the molecule is CC(NC(CO)CC/C=C\CO)c1ccccc1. The summed E-state index contributed by atoms with van der Waals surface area (Å²) >= 11 is 0. The molecule has 3 nitrogen and oxygen atoms in total. The summed E-state index contributed by atoms with van der Waals surface area (Å²) in [5, 5.41) is 21.4. The van der Waals surface area contributed by atoms with Crippen molar-refractivity contribution in [2.75, 3.05) is 13.2 Å². The number of benzene rings is 1. The van der Waals surface area contributed by atoms with Crippen molar-refractivity contribution in [1.29, 1.82) is 0 Å². The van der Waals surface area contributed by atoms with Gasteiger partial charge in [0.05, 0.1) is 13.2 Å². The fraction of sp³-hybridized carbons (Fsp3) is 0.467. The first-order valence-electron chi connectivity index (χ1n) is 6.45. The minimum Gasteiger partial charge on any atom is -0.395 e. The minimum atomic E-state index is 0.0810. The van der Waals surface area contributed by atoms with Crippen LogP contribution in [0.2, 0.25) is 0 Å². The molecule has 0 heterocycles. The molecule has 1 aromatic rings. The number of aliphatic hydroxyl groups excluding tert-OH is 2. The molecule has 0 saturated heterocycles. The van der Waals surface area contributed by atoms with Crippen LogP contribution in [0.1, 0.15) is 31.4 Å². The van der Waals surface area contributed by atoms with Crippen molar-refractivity contribution in [2.45, 2.75) is 31.8 Å². The highest BCUT2D eigenvalue weighted by molar-refractivity contribution is 5.18. The number of hydrogen-bond donors (Lipinski definition) is 3. The van der Waals surface area contributed by atoms with Gasteiger partial charge in [0.2, 0.25) is 0 Å². The van der Waals surface area contributed by atoms with E-state index in [0.29, 0.717) is 0 Å². The van der Waals surface area contributed by atoms with Crippen LogP contribution in [0.25, 0.3) is 0 Å². The third kappa shape index (κ3) is 5.45. The second-order valence-electron chi connectivity index (χ2n) is 4.41. The lowest BCUT2D eigenvalue weighted by molar-refractivity contribution is 0.227. The Hall–Kier alpha value is -1.16. The molecule has 0 saturated carbocycles. The van der Waals surface area contributed by atoms with Crippen molar-refractivity contribution in [3.8, 4) is 0 Å². The van der Waals surface area contributed by atoms with Crippen molar-refractivity contribution in [3.63, 3.8) is 0 Å². The topological polar surface area (TPSA) is 52.5 Å². The Morgan fingerprint density at radius 3 is 2.50 bits per heavy atom. The van der Waals surface area contributed by atoms with Crippen LogP contribution in [0.3, 0.4) is 0 Å². The van der Waals surface area contributed by atoms with Crippen LogP contribution in [-0.2, 0) is 0 Å². The molecule has 0 fully saturated rings. The lowest BCUT2D eigenvalue weighted by atomic mass is 10.1. The van der Waals surface area contributed by atoms with E-state index >= 15 is 0 Å². The van der Waals surface area contributed by atoms with Crippen LogP contribution in [-0.4, -0.2) is 29.5 Å². The fourth-order valence-corrected chi connectivity index (χ4v) is 1.91. The Labute approximate surface area is 109 Å². The van der Waals surface area contributed by atoms with E-state index in [2.05, 4.69) is 24.4 Å². The van der Waals surface area contributed by atoms with Gasteiger partial charge in [-0.3, -0.25) is 0 Å². The molecule has 0 spiro atoms. The van der Waals surface area contributed by atoms with Gasteiger partial charge in [0, 0.05) is 12.1 Å². The van der Waals surface area contributed by atoms with Crippen molar-refractivity contribution in [2.24, 2.45) is 0 Å². The summed E-state index contributed by atoms with van der Waals surface area (Å²) in [5.41, 5.74) is 1.22. The molecule has 18 heavy (non-hydrogen) atoms. The zero-order chi connectivity index (χ0) is 13.2. The lowest BCUT2D eigenvalue weighted by Gasteiger charge is -2.21. The standard InChI is InChI=1S/C15H23NO2/c1-13(14-8-4-2-5-9-14)16-15(12-18)10-6-3-7-11-17/h2-5,7-9,13,15-18H,6,10-12H2,1H3/b7-3-. The molecule has 3 heteroatoms. The van der Waals surface area contributed by atoms with Gasteiger partial charge >= 0.3 is 0 Å². The number of allylic oxidation sites excluding steroid dienone is 1. The Bertz CT molecular complexity index is 338. The molecule has 3 N–H and O–H groups in total. The largest absolute Gasteiger partial charge is 0.395 e. The Morgan fingerprint density at radius 2 is 1.89 bits per heavy atom. The summed E-state index contributed by atoms with van der Waals surface area (Å²) in [4.78, 5) is 0. The molecule has 0 amide bonds. The van der Waals surface area contributed by atoms with Gasteiger partial charge < -0.3 is 15.5 Å². The summed E-state index contributed by atoms with van der Waals surface area (Å²) in [6, 6.07) is 10.5. The van der Waals surface area contributed by atoms with Crippen molar-refractivity contribution in [1.82, 2.24) is 5.32 Å². The molecule has 0 bridgehead atoms. The van der Waals surface area contributed by atoms with Crippen LogP contribution in [0.4, 0.5) is 0 Å². The Kier molecular flexibility index (Phi) is 7.34. The number of rotatable bonds is 8. The minimum absolute atomic E-state index is 0.0810. The van der Waals surface area contributed by atoms with E-state index in [1.165, 1.54) is 5.56 Å². The van der Waals surface area contributed by atoms with E-state index in [1.807, 2.05) is 24.3 Å². The highest BCUT2D eigenvalue weighted by Gasteiger charge is 2.11. The van der Waals surface area contributed by atoms with E-state index in [1.54, 1.807) is 6.08 Å². The third-order valence-electron chi connectivity index (χ3n) is 2.96. The predicted molar refractivity (Wildman–Crippen MR) is 74.3 cm³/mol. The average molecular weight is 249 g/mol. The van der Waals surface area contributed by atoms with Gasteiger partial charge in [0.1, 0.15) is 0 Å². The first kappa shape index (κ1) is 14.9. The first-order valence-corrected chi connectivity index (χ1v) is 6.45. The summed E-state index contributed by atoms with van der Waals surface area (Å²) < 4.78 is 0. The molecule has 2 atom stereocenters. The highest BCUT2D eigenvalue weighted by atomic mass is 16.3. The van der Waals surface area contributed by atoms with Crippen LogP contribution in [0, 0.1) is 0 Å². The van der Waals surface area contributed by atoms with Crippen LogP contribution < -0.4 is 5.32 Å². The van der Waals surface area contributed by atoms with Gasteiger partial charge in [0.15, 0.2) is 0 Å². The molecular formula is C15H23NO2. The summed E-state index contributed by atoms with van der Waals surface area (Å²) in [5.74, 6) is 0. The van der Waals surface area contributed by atoms with Crippen molar-refractivity contribution < 1.29 is 10.2 Å². The van der Waals surface area contributed by atoms with E-state index in [-0.39, 0.29) is 25.3 Å². The van der Waals surface area contributed by atoms with Crippen LogP contribution >= 0.6 is 0 Å². The molecule has 0 aliphatic rings. The first-order chi connectivity index (χ1) is 8.77. The average Bonchev–Trinajstić information content (AvgIpc) is 2.43. The van der Waals surface area contributed by atoms with Gasteiger partial charge in [-0.05, 0) is 25.3 Å². The van der Waals surface area contributed by atoms with Gasteiger partial charge in [-0.15, -0.1) is 0 Å². The number of nitrogens with one attached hydrogen (secondary N) is 1. The lowest BCUT2D eigenvalue weighted by Crippen LogP contribution is -2.34. The van der Waals surface area contributed by atoms with E-state index < -0.39 is 0 Å². The monoisotopic (exact) mass is 249 g/mol. The normalized spacial score (nSPS) is 14.8. The Balaban J connectivity index is 2.40. The van der Waals surface area contributed by atoms with E-state index in [9.17, 15) is 5.11 Å². The molecule has 2 unspecified atom stereocenters. The zero-order valence-electron chi connectivity index (χ0n) is 10.9. The van der Waals surface area contributed by atoms with Gasteiger partial charge in [-0.1, -0.05) is 42.5 Å². The highest BCUT2D eigenvalue weighted by Crippen LogP contribution is 2.13. The fourth-order valence-electron chi connectivity index (χ4n) is 1.91. The molecule has 1 aromatic carbocycles. The maximum atomic E-state index is 9.34. The van der Waals surface area contributed by atoms with Crippen molar-refractivity contribution in [3.05, 3.63) is 48.0 Å². The van der Waals surface area contributed by atoms with Gasteiger partial charge in [0.25, 0.3) is 0 Å². The molecule has 1 rings (SSSR count). The smallest absolute Gasteiger partial charge is 0.0612 e.